The van der Waals surface area contributed by atoms with Crippen molar-refractivity contribution in [2.45, 2.75) is 45.1 Å². The molecule has 0 aromatic carbocycles. The minimum atomic E-state index is -0.685. The van der Waals surface area contributed by atoms with Gasteiger partial charge in [0.15, 0.2) is 0 Å². The summed E-state index contributed by atoms with van der Waals surface area (Å²) in [5, 5.41) is 13.8. The number of esters is 1. The Kier molecular flexibility index (Phi) is 7.48. The Balaban J connectivity index is 2.26. The van der Waals surface area contributed by atoms with Crippen molar-refractivity contribution in [3.05, 3.63) is 0 Å². The van der Waals surface area contributed by atoms with Gasteiger partial charge in [-0.15, -0.1) is 0 Å². The second kappa shape index (κ2) is 8.60. The molecule has 5 heteroatoms. The third-order valence-corrected chi connectivity index (χ3v) is 3.93. The van der Waals surface area contributed by atoms with Crippen LogP contribution in [0.5, 0.6) is 0 Å². The summed E-state index contributed by atoms with van der Waals surface area (Å²) in [6.07, 6.45) is 2.74. The topological polar surface area (TPSA) is 67.8 Å². The summed E-state index contributed by atoms with van der Waals surface area (Å²) >= 11 is 0. The Hall–Kier alpha value is -0.650. The maximum Gasteiger partial charge on any atom is 0.308 e. The Labute approximate surface area is 122 Å². The van der Waals surface area contributed by atoms with E-state index in [1.165, 1.54) is 0 Å². The van der Waals surface area contributed by atoms with Crippen LogP contribution in [0.1, 0.15) is 39.5 Å². The normalized spacial score (nSPS) is 28.1. The van der Waals surface area contributed by atoms with Gasteiger partial charge >= 0.3 is 5.97 Å². The van der Waals surface area contributed by atoms with Gasteiger partial charge in [-0.25, -0.2) is 0 Å². The largest absolute Gasteiger partial charge is 0.466 e. The highest BCUT2D eigenvalue weighted by Gasteiger charge is 2.36. The van der Waals surface area contributed by atoms with E-state index in [2.05, 4.69) is 12.2 Å². The van der Waals surface area contributed by atoms with Crippen LogP contribution in [0.3, 0.4) is 0 Å². The molecule has 1 aliphatic carbocycles. The van der Waals surface area contributed by atoms with Crippen molar-refractivity contribution in [3.63, 3.8) is 0 Å². The summed E-state index contributed by atoms with van der Waals surface area (Å²) in [7, 11) is 1.70. The lowest BCUT2D eigenvalue weighted by molar-refractivity contribution is -0.151. The molecule has 0 spiro atoms. The summed E-state index contributed by atoms with van der Waals surface area (Å²) in [5.41, 5.74) is -0.685. The molecule has 0 aromatic rings. The van der Waals surface area contributed by atoms with E-state index in [1.54, 1.807) is 7.11 Å². The molecule has 1 saturated carbocycles. The second-order valence-corrected chi connectivity index (χ2v) is 5.94. The molecule has 0 amide bonds. The number of ether oxygens (including phenoxy) is 2. The van der Waals surface area contributed by atoms with Gasteiger partial charge in [0.1, 0.15) is 0 Å². The van der Waals surface area contributed by atoms with Crippen molar-refractivity contribution in [2.75, 3.05) is 33.4 Å². The van der Waals surface area contributed by atoms with Gasteiger partial charge in [-0.3, -0.25) is 4.79 Å². The fourth-order valence-corrected chi connectivity index (χ4v) is 2.72. The molecule has 0 aliphatic heterocycles. The van der Waals surface area contributed by atoms with Crippen LogP contribution < -0.4 is 5.32 Å². The summed E-state index contributed by atoms with van der Waals surface area (Å²) in [4.78, 5) is 11.7. The third kappa shape index (κ3) is 5.77. The Bertz CT molecular complexity index is 288. The number of methoxy groups -OCH3 is 1. The molecule has 2 N–H and O–H groups in total. The molecule has 1 aliphatic rings. The van der Waals surface area contributed by atoms with Crippen molar-refractivity contribution in [1.29, 1.82) is 0 Å². The molecule has 0 heterocycles. The monoisotopic (exact) mass is 287 g/mol. The van der Waals surface area contributed by atoms with Crippen molar-refractivity contribution in [2.24, 2.45) is 11.8 Å². The molecular weight excluding hydrogens is 258 g/mol. The zero-order chi connectivity index (χ0) is 15.0. The minimum Gasteiger partial charge on any atom is -0.466 e. The number of carbonyl (C=O) groups excluding carboxylic acids is 1. The van der Waals surface area contributed by atoms with E-state index in [-0.39, 0.29) is 11.9 Å². The maximum absolute atomic E-state index is 11.7. The van der Waals surface area contributed by atoms with E-state index in [4.69, 9.17) is 9.47 Å². The standard InChI is InChI=1S/C15H29NO4/c1-4-20-14(17)13-5-7-15(18,8-6-13)11-16-9-12(2)10-19-3/h12-13,16,18H,4-11H2,1-3H3. The maximum atomic E-state index is 11.7. The average molecular weight is 287 g/mol. The van der Waals surface area contributed by atoms with Crippen LogP contribution in [-0.4, -0.2) is 50.1 Å². The molecule has 5 nitrogen and oxygen atoms in total. The lowest BCUT2D eigenvalue weighted by Crippen LogP contribution is -2.45. The molecular formula is C15H29NO4. The molecule has 20 heavy (non-hydrogen) atoms. The molecule has 0 bridgehead atoms. The van der Waals surface area contributed by atoms with E-state index < -0.39 is 5.60 Å². The van der Waals surface area contributed by atoms with E-state index >= 15 is 0 Å². The number of carbonyl (C=O) groups is 1. The number of aliphatic hydroxyl groups is 1. The van der Waals surface area contributed by atoms with Gasteiger partial charge in [0.05, 0.1) is 18.1 Å². The molecule has 1 fully saturated rings. The lowest BCUT2D eigenvalue weighted by atomic mass is 9.78. The van der Waals surface area contributed by atoms with E-state index in [0.717, 1.165) is 13.2 Å². The number of hydrogen-bond acceptors (Lipinski definition) is 5. The first-order valence-electron chi connectivity index (χ1n) is 7.59. The fourth-order valence-electron chi connectivity index (χ4n) is 2.72. The van der Waals surface area contributed by atoms with Crippen LogP contribution >= 0.6 is 0 Å². The first-order chi connectivity index (χ1) is 9.50. The molecule has 1 unspecified atom stereocenters. The van der Waals surface area contributed by atoms with Gasteiger partial charge in [0.2, 0.25) is 0 Å². The van der Waals surface area contributed by atoms with Crippen LogP contribution in [-0.2, 0) is 14.3 Å². The Morgan fingerprint density at radius 1 is 1.45 bits per heavy atom. The van der Waals surface area contributed by atoms with Crippen molar-refractivity contribution in [3.8, 4) is 0 Å². The molecule has 0 saturated heterocycles. The SMILES string of the molecule is CCOC(=O)C1CCC(O)(CNCC(C)COC)CC1. The highest BCUT2D eigenvalue weighted by Crippen LogP contribution is 2.32. The zero-order valence-electron chi connectivity index (χ0n) is 13.0. The summed E-state index contributed by atoms with van der Waals surface area (Å²) in [6, 6.07) is 0. The van der Waals surface area contributed by atoms with Crippen LogP contribution in [0, 0.1) is 11.8 Å². The Morgan fingerprint density at radius 2 is 2.10 bits per heavy atom. The minimum absolute atomic E-state index is 0.0392. The van der Waals surface area contributed by atoms with Crippen molar-refractivity contribution in [1.82, 2.24) is 5.32 Å². The fraction of sp³-hybridized carbons (Fsp3) is 0.933. The highest BCUT2D eigenvalue weighted by atomic mass is 16.5. The molecule has 0 aromatic heterocycles. The highest BCUT2D eigenvalue weighted by molar-refractivity contribution is 5.72. The molecule has 1 rings (SSSR count). The van der Waals surface area contributed by atoms with E-state index in [0.29, 0.717) is 44.8 Å². The average Bonchev–Trinajstić information content (AvgIpc) is 2.40. The van der Waals surface area contributed by atoms with Gasteiger partial charge in [-0.1, -0.05) is 6.92 Å². The molecule has 1 atom stereocenters. The predicted octanol–water partition coefficient (Wildman–Crippen LogP) is 1.34. The van der Waals surface area contributed by atoms with Gasteiger partial charge in [0, 0.05) is 26.8 Å². The van der Waals surface area contributed by atoms with E-state index in [9.17, 15) is 9.90 Å². The first kappa shape index (κ1) is 17.4. The van der Waals surface area contributed by atoms with Crippen LogP contribution in [0.25, 0.3) is 0 Å². The zero-order valence-corrected chi connectivity index (χ0v) is 13.0. The van der Waals surface area contributed by atoms with Gasteiger partial charge in [-0.2, -0.15) is 0 Å². The van der Waals surface area contributed by atoms with Crippen LogP contribution in [0.15, 0.2) is 0 Å². The van der Waals surface area contributed by atoms with Crippen LogP contribution in [0.4, 0.5) is 0 Å². The Morgan fingerprint density at radius 3 is 2.65 bits per heavy atom. The number of nitrogens with one attached hydrogen (secondary N) is 1. The quantitative estimate of drug-likeness (QED) is 0.660. The summed E-state index contributed by atoms with van der Waals surface area (Å²) in [5.74, 6) is 0.276. The van der Waals surface area contributed by atoms with Crippen molar-refractivity contribution >= 4 is 5.97 Å². The van der Waals surface area contributed by atoms with Gasteiger partial charge < -0.3 is 19.9 Å². The first-order valence-corrected chi connectivity index (χ1v) is 7.59. The van der Waals surface area contributed by atoms with Gasteiger partial charge in [0.25, 0.3) is 0 Å². The summed E-state index contributed by atoms with van der Waals surface area (Å²) in [6.45, 7) is 6.49. The molecule has 118 valence electrons. The lowest BCUT2D eigenvalue weighted by Gasteiger charge is -2.35. The second-order valence-electron chi connectivity index (χ2n) is 5.94. The van der Waals surface area contributed by atoms with E-state index in [1.807, 2.05) is 6.92 Å². The summed E-state index contributed by atoms with van der Waals surface area (Å²) < 4.78 is 10.1. The number of rotatable bonds is 8. The smallest absolute Gasteiger partial charge is 0.308 e. The number of hydrogen-bond donors (Lipinski definition) is 2. The predicted molar refractivity (Wildman–Crippen MR) is 77.5 cm³/mol. The van der Waals surface area contributed by atoms with Crippen molar-refractivity contribution < 1.29 is 19.4 Å². The van der Waals surface area contributed by atoms with Crippen LogP contribution in [0.2, 0.25) is 0 Å². The third-order valence-electron chi connectivity index (χ3n) is 3.93. The van der Waals surface area contributed by atoms with Gasteiger partial charge in [-0.05, 0) is 38.5 Å². The molecule has 0 radical (unpaired) electrons.